The molecule has 0 aromatic rings. The van der Waals surface area contributed by atoms with E-state index in [1.807, 2.05) is 0 Å². The van der Waals surface area contributed by atoms with Gasteiger partial charge in [0.1, 0.15) is 0 Å². The van der Waals surface area contributed by atoms with Crippen molar-refractivity contribution >= 4 is 6.03 Å². The summed E-state index contributed by atoms with van der Waals surface area (Å²) >= 11 is 0. The van der Waals surface area contributed by atoms with Crippen molar-refractivity contribution in [2.45, 2.75) is 38.6 Å². The van der Waals surface area contributed by atoms with Crippen LogP contribution < -0.4 is 11.1 Å². The Kier molecular flexibility index (Phi) is 3.69. The Balaban J connectivity index is 1.82. The second kappa shape index (κ2) is 5.04. The van der Waals surface area contributed by atoms with Crippen LogP contribution in [0.3, 0.4) is 0 Å². The van der Waals surface area contributed by atoms with Crippen LogP contribution in [-0.4, -0.2) is 36.6 Å². The van der Waals surface area contributed by atoms with E-state index in [1.165, 1.54) is 19.3 Å². The van der Waals surface area contributed by atoms with Gasteiger partial charge in [-0.1, -0.05) is 13.3 Å². The fourth-order valence-electron chi connectivity index (χ4n) is 2.48. The van der Waals surface area contributed by atoms with Crippen molar-refractivity contribution in [2.24, 2.45) is 17.6 Å². The first kappa shape index (κ1) is 11.7. The Morgan fingerprint density at radius 3 is 2.69 bits per heavy atom. The quantitative estimate of drug-likeness (QED) is 0.754. The first-order valence-corrected chi connectivity index (χ1v) is 6.46. The van der Waals surface area contributed by atoms with Gasteiger partial charge in [0.2, 0.25) is 0 Å². The predicted molar refractivity (Wildman–Crippen MR) is 64.1 cm³/mol. The van der Waals surface area contributed by atoms with Gasteiger partial charge in [-0.2, -0.15) is 0 Å². The lowest BCUT2D eigenvalue weighted by Crippen LogP contribution is -2.53. The highest BCUT2D eigenvalue weighted by molar-refractivity contribution is 5.72. The number of amides is 2. The SMILES string of the molecule is CCC1CC(NCC2CC2)CN(C(N)=O)C1. The van der Waals surface area contributed by atoms with E-state index in [9.17, 15) is 4.79 Å². The molecule has 0 aromatic heterocycles. The lowest BCUT2D eigenvalue weighted by atomic mass is 9.92. The number of carbonyl (C=O) groups excluding carboxylic acids is 1. The number of urea groups is 1. The standard InChI is InChI=1S/C12H23N3O/c1-2-9-5-11(14-6-10-3-4-10)8-15(7-9)12(13)16/h9-11,14H,2-8H2,1H3,(H2,13,16). The zero-order chi connectivity index (χ0) is 11.5. The van der Waals surface area contributed by atoms with E-state index in [4.69, 9.17) is 5.73 Å². The molecule has 2 aliphatic rings. The largest absolute Gasteiger partial charge is 0.351 e. The van der Waals surface area contributed by atoms with E-state index in [1.54, 1.807) is 4.90 Å². The third-order valence-electron chi connectivity index (χ3n) is 3.82. The predicted octanol–water partition coefficient (Wildman–Crippen LogP) is 1.17. The van der Waals surface area contributed by atoms with Crippen LogP contribution in [0.25, 0.3) is 0 Å². The summed E-state index contributed by atoms with van der Waals surface area (Å²) in [6.45, 7) is 4.94. The number of hydrogen-bond acceptors (Lipinski definition) is 2. The van der Waals surface area contributed by atoms with Gasteiger partial charge in [0.25, 0.3) is 0 Å². The van der Waals surface area contributed by atoms with Crippen LogP contribution >= 0.6 is 0 Å². The zero-order valence-electron chi connectivity index (χ0n) is 10.1. The van der Waals surface area contributed by atoms with E-state index >= 15 is 0 Å². The normalized spacial score (nSPS) is 30.4. The molecule has 0 aromatic carbocycles. The summed E-state index contributed by atoms with van der Waals surface area (Å²) in [5.74, 6) is 1.50. The minimum Gasteiger partial charge on any atom is -0.351 e. The molecule has 1 aliphatic heterocycles. The van der Waals surface area contributed by atoms with Crippen molar-refractivity contribution in [1.82, 2.24) is 10.2 Å². The van der Waals surface area contributed by atoms with Gasteiger partial charge in [-0.3, -0.25) is 0 Å². The summed E-state index contributed by atoms with van der Waals surface area (Å²) in [7, 11) is 0. The molecule has 92 valence electrons. The summed E-state index contributed by atoms with van der Waals surface area (Å²) in [5.41, 5.74) is 5.37. The minimum atomic E-state index is -0.267. The maximum absolute atomic E-state index is 11.2. The Morgan fingerprint density at radius 2 is 2.12 bits per heavy atom. The second-order valence-electron chi connectivity index (χ2n) is 5.30. The van der Waals surface area contributed by atoms with Crippen LogP contribution in [0.15, 0.2) is 0 Å². The summed E-state index contributed by atoms with van der Waals surface area (Å²) in [6, 6.07) is 0.183. The maximum atomic E-state index is 11.2. The molecule has 4 heteroatoms. The fraction of sp³-hybridized carbons (Fsp3) is 0.917. The van der Waals surface area contributed by atoms with Gasteiger partial charge in [0.15, 0.2) is 0 Å². The molecule has 1 heterocycles. The molecule has 2 atom stereocenters. The fourth-order valence-corrected chi connectivity index (χ4v) is 2.48. The van der Waals surface area contributed by atoms with Gasteiger partial charge < -0.3 is 16.0 Å². The van der Waals surface area contributed by atoms with Crippen molar-refractivity contribution in [2.75, 3.05) is 19.6 Å². The molecular weight excluding hydrogens is 202 g/mol. The molecule has 1 saturated carbocycles. The highest BCUT2D eigenvalue weighted by atomic mass is 16.2. The number of likely N-dealkylation sites (tertiary alicyclic amines) is 1. The second-order valence-corrected chi connectivity index (χ2v) is 5.30. The molecule has 4 nitrogen and oxygen atoms in total. The molecule has 2 fully saturated rings. The van der Waals surface area contributed by atoms with Crippen LogP contribution in [0, 0.1) is 11.8 Å². The van der Waals surface area contributed by atoms with Gasteiger partial charge in [0.05, 0.1) is 0 Å². The van der Waals surface area contributed by atoms with Crippen LogP contribution in [0.5, 0.6) is 0 Å². The van der Waals surface area contributed by atoms with E-state index in [0.29, 0.717) is 12.0 Å². The number of rotatable bonds is 4. The number of nitrogens with one attached hydrogen (secondary N) is 1. The molecule has 3 N–H and O–H groups in total. The number of nitrogens with two attached hydrogens (primary N) is 1. The van der Waals surface area contributed by atoms with Crippen LogP contribution in [0.1, 0.15) is 32.6 Å². The van der Waals surface area contributed by atoms with Crippen molar-refractivity contribution in [3.8, 4) is 0 Å². The molecule has 0 spiro atoms. The third-order valence-corrected chi connectivity index (χ3v) is 3.82. The molecule has 0 radical (unpaired) electrons. The molecule has 2 amide bonds. The topological polar surface area (TPSA) is 58.4 Å². The first-order chi connectivity index (χ1) is 7.69. The lowest BCUT2D eigenvalue weighted by molar-refractivity contribution is 0.150. The first-order valence-electron chi connectivity index (χ1n) is 6.46. The minimum absolute atomic E-state index is 0.267. The third kappa shape index (κ3) is 3.11. The maximum Gasteiger partial charge on any atom is 0.314 e. The summed E-state index contributed by atoms with van der Waals surface area (Å²) < 4.78 is 0. The van der Waals surface area contributed by atoms with Crippen molar-refractivity contribution < 1.29 is 4.79 Å². The number of piperidine rings is 1. The average molecular weight is 225 g/mol. The zero-order valence-corrected chi connectivity index (χ0v) is 10.1. The van der Waals surface area contributed by atoms with Gasteiger partial charge in [-0.05, 0) is 37.6 Å². The summed E-state index contributed by atoms with van der Waals surface area (Å²) in [5, 5.41) is 3.58. The molecular formula is C12H23N3O. The van der Waals surface area contributed by atoms with Gasteiger partial charge in [-0.25, -0.2) is 4.79 Å². The average Bonchev–Trinajstić information content (AvgIpc) is 3.09. The van der Waals surface area contributed by atoms with Crippen molar-refractivity contribution in [3.63, 3.8) is 0 Å². The van der Waals surface area contributed by atoms with Crippen molar-refractivity contribution in [3.05, 3.63) is 0 Å². The van der Waals surface area contributed by atoms with E-state index in [0.717, 1.165) is 32.0 Å². The van der Waals surface area contributed by atoms with Gasteiger partial charge in [0, 0.05) is 19.1 Å². The van der Waals surface area contributed by atoms with E-state index in [2.05, 4.69) is 12.2 Å². The Labute approximate surface area is 97.6 Å². The molecule has 1 saturated heterocycles. The van der Waals surface area contributed by atoms with E-state index in [-0.39, 0.29) is 6.03 Å². The summed E-state index contributed by atoms with van der Waals surface area (Å²) in [4.78, 5) is 13.0. The molecule has 2 rings (SSSR count). The smallest absolute Gasteiger partial charge is 0.314 e. The number of hydrogen-bond donors (Lipinski definition) is 2. The highest BCUT2D eigenvalue weighted by Gasteiger charge is 2.29. The Morgan fingerprint density at radius 1 is 1.38 bits per heavy atom. The van der Waals surface area contributed by atoms with Gasteiger partial charge >= 0.3 is 6.03 Å². The lowest BCUT2D eigenvalue weighted by Gasteiger charge is -2.37. The van der Waals surface area contributed by atoms with E-state index < -0.39 is 0 Å². The highest BCUT2D eigenvalue weighted by Crippen LogP contribution is 2.28. The number of primary amides is 1. The monoisotopic (exact) mass is 225 g/mol. The van der Waals surface area contributed by atoms with Crippen LogP contribution in [0.4, 0.5) is 4.79 Å². The molecule has 2 unspecified atom stereocenters. The van der Waals surface area contributed by atoms with Crippen LogP contribution in [-0.2, 0) is 0 Å². The molecule has 1 aliphatic carbocycles. The number of carbonyl (C=O) groups is 1. The molecule has 0 bridgehead atoms. The molecule has 16 heavy (non-hydrogen) atoms. The van der Waals surface area contributed by atoms with Crippen molar-refractivity contribution in [1.29, 1.82) is 0 Å². The Bertz CT molecular complexity index is 253. The van der Waals surface area contributed by atoms with Gasteiger partial charge in [-0.15, -0.1) is 0 Å². The number of nitrogens with zero attached hydrogens (tertiary/aromatic N) is 1. The Hall–Kier alpha value is -0.770. The summed E-state index contributed by atoms with van der Waals surface area (Å²) in [6.07, 6.45) is 5.06. The van der Waals surface area contributed by atoms with Crippen LogP contribution in [0.2, 0.25) is 0 Å².